The third kappa shape index (κ3) is 4.62. The van der Waals surface area contributed by atoms with Crippen LogP contribution in [0, 0.1) is 0 Å². The molecular formula is C16H21NO7S. The molecular weight excluding hydrogens is 350 g/mol. The van der Waals surface area contributed by atoms with Crippen molar-refractivity contribution in [1.29, 1.82) is 0 Å². The fraction of sp³-hybridized carbons (Fsp3) is 0.500. The highest BCUT2D eigenvalue weighted by molar-refractivity contribution is 7.91. The fourth-order valence-electron chi connectivity index (χ4n) is 2.76. The van der Waals surface area contributed by atoms with Gasteiger partial charge in [0.15, 0.2) is 16.4 Å². The Labute approximate surface area is 146 Å². The first-order valence-corrected chi connectivity index (χ1v) is 9.63. The number of esters is 1. The molecule has 0 radical (unpaired) electrons. The Bertz CT molecular complexity index is 760. The van der Waals surface area contributed by atoms with Crippen molar-refractivity contribution in [3.63, 3.8) is 0 Å². The molecule has 25 heavy (non-hydrogen) atoms. The number of hydrogen-bond donors (Lipinski definition) is 1. The molecule has 0 aliphatic carbocycles. The van der Waals surface area contributed by atoms with Crippen molar-refractivity contribution in [2.24, 2.45) is 0 Å². The summed E-state index contributed by atoms with van der Waals surface area (Å²) in [4.78, 5) is 25.7. The zero-order chi connectivity index (χ0) is 18.6. The van der Waals surface area contributed by atoms with E-state index in [0.717, 1.165) is 0 Å². The third-order valence-corrected chi connectivity index (χ3v) is 5.81. The first-order valence-electron chi connectivity index (χ1n) is 7.81. The van der Waals surface area contributed by atoms with Crippen molar-refractivity contribution in [3.8, 4) is 11.5 Å². The second-order valence-corrected chi connectivity index (χ2v) is 7.92. The van der Waals surface area contributed by atoms with Crippen LogP contribution in [0.2, 0.25) is 0 Å². The van der Waals surface area contributed by atoms with Crippen molar-refractivity contribution in [2.75, 3.05) is 31.8 Å². The molecule has 2 rings (SSSR count). The zero-order valence-electron chi connectivity index (χ0n) is 14.1. The van der Waals surface area contributed by atoms with Crippen molar-refractivity contribution in [3.05, 3.63) is 23.8 Å². The smallest absolute Gasteiger partial charge is 0.342 e. The maximum Gasteiger partial charge on any atom is 0.342 e. The Hall–Kier alpha value is -2.29. The topological polar surface area (TPSA) is 110 Å². The van der Waals surface area contributed by atoms with Crippen LogP contribution in [0.15, 0.2) is 18.2 Å². The number of nitrogens with zero attached hydrogens (tertiary/aromatic N) is 1. The summed E-state index contributed by atoms with van der Waals surface area (Å²) in [5, 5.41) is 9.80. The molecule has 0 spiro atoms. The van der Waals surface area contributed by atoms with Crippen LogP contribution in [-0.2, 0) is 19.4 Å². The van der Waals surface area contributed by atoms with Crippen LogP contribution >= 0.6 is 0 Å². The molecule has 1 saturated heterocycles. The van der Waals surface area contributed by atoms with Gasteiger partial charge in [-0.05, 0) is 25.5 Å². The molecule has 138 valence electrons. The summed E-state index contributed by atoms with van der Waals surface area (Å²) < 4.78 is 33.0. The minimum atomic E-state index is -3.12. The number of ether oxygens (including phenoxy) is 2. The Morgan fingerprint density at radius 1 is 1.36 bits per heavy atom. The van der Waals surface area contributed by atoms with Gasteiger partial charge in [-0.1, -0.05) is 0 Å². The van der Waals surface area contributed by atoms with Gasteiger partial charge in [0.05, 0.1) is 18.6 Å². The van der Waals surface area contributed by atoms with Crippen LogP contribution in [0.3, 0.4) is 0 Å². The molecule has 1 aromatic carbocycles. The summed E-state index contributed by atoms with van der Waals surface area (Å²) in [5.74, 6) is -1.26. The Morgan fingerprint density at radius 3 is 2.60 bits per heavy atom. The highest BCUT2D eigenvalue weighted by atomic mass is 32.2. The second kappa shape index (κ2) is 7.73. The number of rotatable bonds is 6. The van der Waals surface area contributed by atoms with E-state index in [1.54, 1.807) is 6.92 Å². The summed E-state index contributed by atoms with van der Waals surface area (Å²) in [6, 6.07) is 3.69. The van der Waals surface area contributed by atoms with Crippen LogP contribution in [0.5, 0.6) is 11.5 Å². The first-order chi connectivity index (χ1) is 11.8. The Balaban J connectivity index is 1.97. The minimum Gasteiger partial charge on any atom is -0.507 e. The van der Waals surface area contributed by atoms with E-state index in [-0.39, 0.29) is 22.8 Å². The van der Waals surface area contributed by atoms with E-state index in [1.165, 1.54) is 30.2 Å². The molecule has 1 N–H and O–H groups in total. The van der Waals surface area contributed by atoms with Gasteiger partial charge in [0.2, 0.25) is 0 Å². The standard InChI is InChI=1S/C16H21NO7S/c1-3-17(11-6-7-25(21,22)10-11)15(19)9-24-16(20)13-5-4-12(23-2)8-14(13)18/h4-5,8,11,18H,3,6-7,9-10H2,1-2H3/t11-/m0/s1. The number of likely N-dealkylation sites (N-methyl/N-ethyl adjacent to an activating group) is 1. The highest BCUT2D eigenvalue weighted by Crippen LogP contribution is 2.24. The number of carbonyl (C=O) groups excluding carboxylic acids is 2. The van der Waals surface area contributed by atoms with Gasteiger partial charge >= 0.3 is 5.97 Å². The van der Waals surface area contributed by atoms with E-state index in [4.69, 9.17) is 9.47 Å². The number of aromatic hydroxyl groups is 1. The predicted octanol–water partition coefficient (Wildman–Crippen LogP) is 0.593. The van der Waals surface area contributed by atoms with Gasteiger partial charge in [-0.25, -0.2) is 13.2 Å². The maximum atomic E-state index is 12.3. The lowest BCUT2D eigenvalue weighted by Gasteiger charge is -2.26. The molecule has 8 nitrogen and oxygen atoms in total. The lowest BCUT2D eigenvalue weighted by molar-refractivity contribution is -0.136. The molecule has 9 heteroatoms. The lowest BCUT2D eigenvalue weighted by Crippen LogP contribution is -2.43. The molecule has 1 atom stereocenters. The molecule has 0 bridgehead atoms. The monoisotopic (exact) mass is 371 g/mol. The molecule has 0 saturated carbocycles. The van der Waals surface area contributed by atoms with Crippen LogP contribution < -0.4 is 4.74 Å². The largest absolute Gasteiger partial charge is 0.507 e. The van der Waals surface area contributed by atoms with E-state index in [2.05, 4.69) is 0 Å². The van der Waals surface area contributed by atoms with Crippen LogP contribution in [0.4, 0.5) is 0 Å². The van der Waals surface area contributed by atoms with E-state index in [1.807, 2.05) is 0 Å². The predicted molar refractivity (Wildman–Crippen MR) is 89.4 cm³/mol. The van der Waals surface area contributed by atoms with Gasteiger partial charge in [-0.2, -0.15) is 0 Å². The molecule has 0 unspecified atom stereocenters. The number of methoxy groups -OCH3 is 1. The molecule has 1 heterocycles. The molecule has 1 aromatic rings. The first kappa shape index (κ1) is 19.0. The second-order valence-electron chi connectivity index (χ2n) is 5.70. The van der Waals surface area contributed by atoms with Crippen LogP contribution in [-0.4, -0.2) is 68.1 Å². The fourth-order valence-corrected chi connectivity index (χ4v) is 4.49. The molecule has 1 fully saturated rings. The zero-order valence-corrected chi connectivity index (χ0v) is 14.9. The van der Waals surface area contributed by atoms with Crippen molar-refractivity contribution < 1.29 is 32.6 Å². The maximum absolute atomic E-state index is 12.3. The summed E-state index contributed by atoms with van der Waals surface area (Å²) >= 11 is 0. The van der Waals surface area contributed by atoms with E-state index in [9.17, 15) is 23.1 Å². The summed E-state index contributed by atoms with van der Waals surface area (Å²) in [6.07, 6.45) is 0.384. The van der Waals surface area contributed by atoms with Crippen molar-refractivity contribution in [1.82, 2.24) is 4.90 Å². The lowest BCUT2D eigenvalue weighted by atomic mass is 10.2. The quantitative estimate of drug-likeness (QED) is 0.729. The van der Waals surface area contributed by atoms with Crippen LogP contribution in [0.1, 0.15) is 23.7 Å². The summed E-state index contributed by atoms with van der Waals surface area (Å²) in [7, 11) is -1.69. The summed E-state index contributed by atoms with van der Waals surface area (Å²) in [5.41, 5.74) is -0.0832. The number of phenolic OH excluding ortho intramolecular Hbond substituents is 1. The number of hydrogen-bond acceptors (Lipinski definition) is 7. The molecule has 1 amide bonds. The van der Waals surface area contributed by atoms with Crippen molar-refractivity contribution in [2.45, 2.75) is 19.4 Å². The molecule has 1 aliphatic heterocycles. The number of amides is 1. The van der Waals surface area contributed by atoms with Gasteiger partial charge < -0.3 is 19.5 Å². The number of carbonyl (C=O) groups is 2. The third-order valence-electron chi connectivity index (χ3n) is 4.06. The number of phenols is 1. The summed E-state index contributed by atoms with van der Waals surface area (Å²) in [6.45, 7) is 1.54. The van der Waals surface area contributed by atoms with Gasteiger partial charge in [0, 0.05) is 18.7 Å². The van der Waals surface area contributed by atoms with Gasteiger partial charge in [-0.3, -0.25) is 4.79 Å². The van der Waals surface area contributed by atoms with Gasteiger partial charge in [0.25, 0.3) is 5.91 Å². The van der Waals surface area contributed by atoms with Gasteiger partial charge in [0.1, 0.15) is 17.1 Å². The minimum absolute atomic E-state index is 0.0565. The van der Waals surface area contributed by atoms with E-state index >= 15 is 0 Å². The van der Waals surface area contributed by atoms with Crippen LogP contribution in [0.25, 0.3) is 0 Å². The molecule has 1 aliphatic rings. The Kier molecular flexibility index (Phi) is 5.89. The normalized spacial score (nSPS) is 18.6. The van der Waals surface area contributed by atoms with E-state index < -0.39 is 34.4 Å². The highest BCUT2D eigenvalue weighted by Gasteiger charge is 2.34. The average molecular weight is 371 g/mol. The molecule has 0 aromatic heterocycles. The number of sulfone groups is 1. The van der Waals surface area contributed by atoms with Gasteiger partial charge in [-0.15, -0.1) is 0 Å². The number of benzene rings is 1. The Morgan fingerprint density at radius 2 is 2.08 bits per heavy atom. The van der Waals surface area contributed by atoms with Crippen molar-refractivity contribution >= 4 is 21.7 Å². The average Bonchev–Trinajstić information content (AvgIpc) is 2.92. The SMILES string of the molecule is CCN(C(=O)COC(=O)c1ccc(OC)cc1O)[C@H]1CCS(=O)(=O)C1. The van der Waals surface area contributed by atoms with E-state index in [0.29, 0.717) is 18.7 Å².